The molecule has 154 valence electrons. The van der Waals surface area contributed by atoms with Crippen LogP contribution < -0.4 is 10.6 Å². The first-order valence-electron chi connectivity index (χ1n) is 10.2. The molecule has 2 aromatic heterocycles. The fourth-order valence-electron chi connectivity index (χ4n) is 3.60. The zero-order valence-electron chi connectivity index (χ0n) is 17.5. The van der Waals surface area contributed by atoms with Crippen molar-refractivity contribution in [3.05, 3.63) is 41.1 Å². The third-order valence-corrected chi connectivity index (χ3v) is 5.27. The number of aromatic nitrogens is 2. The van der Waals surface area contributed by atoms with E-state index in [9.17, 15) is 0 Å². The number of aliphatic imine (C=N–C) groups is 1. The van der Waals surface area contributed by atoms with E-state index in [-0.39, 0.29) is 12.1 Å². The summed E-state index contributed by atoms with van der Waals surface area (Å²) in [7, 11) is 1.99. The van der Waals surface area contributed by atoms with Crippen molar-refractivity contribution in [1.82, 2.24) is 20.4 Å². The van der Waals surface area contributed by atoms with Crippen LogP contribution >= 0.6 is 0 Å². The summed E-state index contributed by atoms with van der Waals surface area (Å²) in [5.41, 5.74) is 3.61. The van der Waals surface area contributed by atoms with Gasteiger partial charge in [0.1, 0.15) is 5.76 Å². The zero-order valence-corrected chi connectivity index (χ0v) is 17.5. The fraction of sp³-hybridized carbons (Fsp3) is 0.619. The van der Waals surface area contributed by atoms with Gasteiger partial charge in [0.05, 0.1) is 24.6 Å². The van der Waals surface area contributed by atoms with Crippen molar-refractivity contribution in [1.29, 1.82) is 0 Å². The summed E-state index contributed by atoms with van der Waals surface area (Å²) in [4.78, 5) is 4.77. The highest BCUT2D eigenvalue weighted by Crippen LogP contribution is 2.14. The summed E-state index contributed by atoms with van der Waals surface area (Å²) < 4.78 is 13.1. The summed E-state index contributed by atoms with van der Waals surface area (Å²) in [6.07, 6.45) is 5.90. The molecule has 2 atom stereocenters. The van der Waals surface area contributed by atoms with Gasteiger partial charge in [-0.05, 0) is 57.7 Å². The Hall–Kier alpha value is -2.28. The van der Waals surface area contributed by atoms with Crippen LogP contribution in [0.3, 0.4) is 0 Å². The normalized spacial score (nSPS) is 18.4. The van der Waals surface area contributed by atoms with Crippen molar-refractivity contribution in [3.63, 3.8) is 0 Å². The van der Waals surface area contributed by atoms with Gasteiger partial charge in [0.2, 0.25) is 0 Å². The molecule has 3 heterocycles. The molecular formula is C21H33N5O2. The average molecular weight is 388 g/mol. The van der Waals surface area contributed by atoms with Crippen LogP contribution in [0.5, 0.6) is 0 Å². The van der Waals surface area contributed by atoms with Crippen molar-refractivity contribution in [2.45, 2.75) is 58.6 Å². The summed E-state index contributed by atoms with van der Waals surface area (Å²) >= 11 is 0. The molecule has 2 aromatic rings. The maximum Gasteiger partial charge on any atom is 0.191 e. The Morgan fingerprint density at radius 2 is 2.29 bits per heavy atom. The highest BCUT2D eigenvalue weighted by Gasteiger charge is 2.17. The third-order valence-electron chi connectivity index (χ3n) is 5.27. The zero-order chi connectivity index (χ0) is 19.9. The Morgan fingerprint density at radius 1 is 1.43 bits per heavy atom. The van der Waals surface area contributed by atoms with Crippen molar-refractivity contribution in [2.75, 3.05) is 19.7 Å². The first-order valence-corrected chi connectivity index (χ1v) is 10.2. The van der Waals surface area contributed by atoms with E-state index >= 15 is 0 Å². The predicted octanol–water partition coefficient (Wildman–Crippen LogP) is 2.52. The lowest BCUT2D eigenvalue weighted by atomic mass is 10.1. The lowest BCUT2D eigenvalue weighted by molar-refractivity contribution is 0.117. The molecule has 0 aliphatic carbocycles. The fourth-order valence-corrected chi connectivity index (χ4v) is 3.60. The van der Waals surface area contributed by atoms with E-state index < -0.39 is 0 Å². The molecule has 2 N–H and O–H groups in total. The Kier molecular flexibility index (Phi) is 7.14. The van der Waals surface area contributed by atoms with Crippen LogP contribution in [0.2, 0.25) is 0 Å². The monoisotopic (exact) mass is 387 g/mol. The van der Waals surface area contributed by atoms with Crippen LogP contribution in [-0.4, -0.2) is 47.6 Å². The molecule has 3 rings (SSSR count). The number of rotatable bonds is 8. The van der Waals surface area contributed by atoms with Gasteiger partial charge in [-0.3, -0.25) is 9.67 Å². The molecular weight excluding hydrogens is 354 g/mol. The molecule has 0 saturated carbocycles. The molecule has 0 radical (unpaired) electrons. The van der Waals surface area contributed by atoms with Gasteiger partial charge < -0.3 is 19.8 Å². The molecule has 7 nitrogen and oxygen atoms in total. The predicted molar refractivity (Wildman–Crippen MR) is 111 cm³/mol. The van der Waals surface area contributed by atoms with E-state index in [4.69, 9.17) is 14.1 Å². The van der Waals surface area contributed by atoms with Crippen molar-refractivity contribution >= 4 is 5.96 Å². The highest BCUT2D eigenvalue weighted by atomic mass is 16.5. The molecule has 7 heteroatoms. The number of aryl methyl sites for hydroxylation is 2. The SMILES string of the molecule is Cc1nn(C)c(C)c1CC(C)NC(=NCC1CCCO1)NCCc1ccco1. The molecule has 28 heavy (non-hydrogen) atoms. The molecule has 1 aliphatic rings. The lowest BCUT2D eigenvalue weighted by Gasteiger charge is -2.19. The van der Waals surface area contributed by atoms with Crippen molar-refractivity contribution in [2.24, 2.45) is 12.0 Å². The molecule has 2 unspecified atom stereocenters. The van der Waals surface area contributed by atoms with Gasteiger partial charge in [-0.1, -0.05) is 0 Å². The number of hydrogen-bond donors (Lipinski definition) is 2. The number of guanidine groups is 1. The first-order chi connectivity index (χ1) is 13.5. The van der Waals surface area contributed by atoms with E-state index in [0.717, 1.165) is 56.2 Å². The second-order valence-corrected chi connectivity index (χ2v) is 7.60. The molecule has 0 bridgehead atoms. The van der Waals surface area contributed by atoms with Gasteiger partial charge in [-0.2, -0.15) is 5.10 Å². The minimum Gasteiger partial charge on any atom is -0.469 e. The smallest absolute Gasteiger partial charge is 0.191 e. The van der Waals surface area contributed by atoms with Crippen LogP contribution in [-0.2, 0) is 24.6 Å². The van der Waals surface area contributed by atoms with Gasteiger partial charge in [0.15, 0.2) is 5.96 Å². The molecule has 0 amide bonds. The molecule has 0 spiro atoms. The summed E-state index contributed by atoms with van der Waals surface area (Å²) in [5, 5.41) is 11.5. The second kappa shape index (κ2) is 9.78. The number of ether oxygens (including phenoxy) is 1. The van der Waals surface area contributed by atoms with E-state index in [1.807, 2.05) is 23.9 Å². The van der Waals surface area contributed by atoms with E-state index in [1.54, 1.807) is 6.26 Å². The van der Waals surface area contributed by atoms with Crippen LogP contribution in [0, 0.1) is 13.8 Å². The Balaban J connectivity index is 1.58. The van der Waals surface area contributed by atoms with Gasteiger partial charge in [-0.25, -0.2) is 0 Å². The summed E-state index contributed by atoms with van der Waals surface area (Å²) in [6.45, 7) is 8.68. The number of hydrogen-bond acceptors (Lipinski definition) is 4. The second-order valence-electron chi connectivity index (χ2n) is 7.60. The van der Waals surface area contributed by atoms with Crippen LogP contribution in [0.4, 0.5) is 0 Å². The molecule has 1 fully saturated rings. The topological polar surface area (TPSA) is 76.6 Å². The molecule has 1 aliphatic heterocycles. The Labute approximate surface area is 167 Å². The van der Waals surface area contributed by atoms with Crippen LogP contribution in [0.1, 0.15) is 42.5 Å². The van der Waals surface area contributed by atoms with Gasteiger partial charge in [-0.15, -0.1) is 0 Å². The third kappa shape index (κ3) is 5.61. The number of nitrogens with zero attached hydrogens (tertiary/aromatic N) is 3. The quantitative estimate of drug-likeness (QED) is 0.538. The summed E-state index contributed by atoms with van der Waals surface area (Å²) in [6, 6.07) is 4.15. The largest absolute Gasteiger partial charge is 0.469 e. The maximum atomic E-state index is 5.71. The van der Waals surface area contributed by atoms with E-state index in [1.165, 1.54) is 11.3 Å². The molecule has 1 saturated heterocycles. The van der Waals surface area contributed by atoms with E-state index in [0.29, 0.717) is 6.54 Å². The lowest BCUT2D eigenvalue weighted by Crippen LogP contribution is -2.44. The first kappa shape index (κ1) is 20.5. The maximum absolute atomic E-state index is 5.71. The van der Waals surface area contributed by atoms with Gasteiger partial charge >= 0.3 is 0 Å². The Bertz CT molecular complexity index is 760. The Morgan fingerprint density at radius 3 is 2.93 bits per heavy atom. The standard InChI is InChI=1S/C21H33N5O2/c1-15(13-20-16(2)25-26(4)17(20)3)24-21(23-14-19-8-6-12-28-19)22-10-9-18-7-5-11-27-18/h5,7,11,15,19H,6,8-10,12-14H2,1-4H3,(H2,22,23,24). The van der Waals surface area contributed by atoms with Crippen molar-refractivity contribution < 1.29 is 9.15 Å². The minimum absolute atomic E-state index is 0.237. The van der Waals surface area contributed by atoms with Gasteiger partial charge in [0.25, 0.3) is 0 Å². The number of nitrogens with one attached hydrogen (secondary N) is 2. The van der Waals surface area contributed by atoms with Gasteiger partial charge in [0, 0.05) is 38.4 Å². The summed E-state index contributed by atoms with van der Waals surface area (Å²) in [5.74, 6) is 1.80. The highest BCUT2D eigenvalue weighted by molar-refractivity contribution is 5.80. The van der Waals surface area contributed by atoms with Crippen molar-refractivity contribution in [3.8, 4) is 0 Å². The van der Waals surface area contributed by atoms with E-state index in [2.05, 4.69) is 36.5 Å². The van der Waals surface area contributed by atoms with Crippen LogP contribution in [0.25, 0.3) is 0 Å². The average Bonchev–Trinajstić information content (AvgIpc) is 3.40. The number of furan rings is 1. The minimum atomic E-state index is 0.237. The van der Waals surface area contributed by atoms with Crippen LogP contribution in [0.15, 0.2) is 27.8 Å². The molecule has 0 aromatic carbocycles.